The molecule has 2 radical (unpaired) electrons. The van der Waals surface area contributed by atoms with Crippen LogP contribution >= 0.6 is 0 Å². The Morgan fingerprint density at radius 2 is 0.862 bits per heavy atom. The molecule has 318 valence electrons. The second-order valence-electron chi connectivity index (χ2n) is 14.7. The second-order valence-corrected chi connectivity index (χ2v) is 14.7. The number of pyridine rings is 2. The number of rotatable bonds is 11. The van der Waals surface area contributed by atoms with E-state index in [1.54, 1.807) is 12.1 Å². The summed E-state index contributed by atoms with van der Waals surface area (Å²) in [5.74, 6) is 2.44. The van der Waals surface area contributed by atoms with E-state index in [1.165, 1.54) is 0 Å². The summed E-state index contributed by atoms with van der Waals surface area (Å²) in [5.41, 5.74) is 11.6. The van der Waals surface area contributed by atoms with Gasteiger partial charge in [-0.2, -0.15) is 0 Å². The monoisotopic (exact) mass is 1140 g/mol. The Balaban J connectivity index is 0. The van der Waals surface area contributed by atoms with Crippen molar-refractivity contribution in [1.82, 2.24) is 19.1 Å². The molecule has 7 nitrogen and oxygen atoms in total. The first-order valence-corrected chi connectivity index (χ1v) is 18.4. The molecule has 3 aromatic carbocycles. The van der Waals surface area contributed by atoms with Gasteiger partial charge in [-0.1, -0.05) is 67.5 Å². The van der Waals surface area contributed by atoms with Gasteiger partial charge in [0, 0.05) is 46.5 Å². The van der Waals surface area contributed by atoms with E-state index in [4.69, 9.17) is 0 Å². The normalized spacial score (nSPS) is 11.2. The summed E-state index contributed by atoms with van der Waals surface area (Å²) < 4.78 is 4.34. The third kappa shape index (κ3) is 12.4. The van der Waals surface area contributed by atoms with Gasteiger partial charge in [0.2, 0.25) is 0 Å². The Hall–Kier alpha value is -2.34. The van der Waals surface area contributed by atoms with Crippen LogP contribution in [0.3, 0.4) is 0 Å². The van der Waals surface area contributed by atoms with Crippen molar-refractivity contribution >= 4 is 41.1 Å². The number of aromatic nitrogens is 2. The minimum Gasteiger partial charge on any atom is -1.00 e. The maximum absolute atomic E-state index is 12.6. The maximum Gasteiger partial charge on any atom is 2.00 e. The number of nitrogens with zero attached hydrogens (tertiary/aromatic N) is 5. The van der Waals surface area contributed by atoms with E-state index in [1.807, 2.05) is 62.6 Å². The summed E-state index contributed by atoms with van der Waals surface area (Å²) in [6, 6.07) is 24.3. The Morgan fingerprint density at radius 3 is 1.09 bits per heavy atom. The van der Waals surface area contributed by atoms with Crippen molar-refractivity contribution in [3.8, 4) is 22.3 Å². The van der Waals surface area contributed by atoms with Gasteiger partial charge in [0.1, 0.15) is 23.8 Å². The molecule has 2 aromatic heterocycles. The van der Waals surface area contributed by atoms with Crippen molar-refractivity contribution in [2.45, 2.75) is 99.8 Å². The SMILES string of the molecule is CC=[N+](c1ccccn1)c1c(C(C)C)cc(-c2cc([N+](=O)[O-])cc(-c3cc(C(C)C)c([N+](=CC)c4ccccn4)c(C(C)C)c3)c2C)cc1C(C)C.[Br-].[Br-].[Br-].[Br-].[Cu+2].[Cu+2]. The smallest absolute Gasteiger partial charge is 1.00 e. The molecule has 0 aliphatic carbocycles. The Morgan fingerprint density at radius 1 is 0.552 bits per heavy atom. The van der Waals surface area contributed by atoms with E-state index in [0.717, 1.165) is 73.1 Å². The zero-order valence-electron chi connectivity index (χ0n) is 34.7. The van der Waals surface area contributed by atoms with Crippen LogP contribution < -0.4 is 77.1 Å². The van der Waals surface area contributed by atoms with Crippen LogP contribution in [0, 0.1) is 17.0 Å². The summed E-state index contributed by atoms with van der Waals surface area (Å²) >= 11 is 0. The van der Waals surface area contributed by atoms with Crippen molar-refractivity contribution in [3.05, 3.63) is 123 Å². The van der Waals surface area contributed by atoms with E-state index in [2.05, 4.69) is 118 Å². The molecule has 5 aromatic rings. The molecular weight excluding hydrogens is 1090 g/mol. The van der Waals surface area contributed by atoms with Crippen LogP contribution in [0.5, 0.6) is 0 Å². The molecular formula is C45H53Br4Cu2N5O2+2. The molecule has 0 atom stereocenters. The molecule has 0 aliphatic rings. The predicted molar refractivity (Wildman–Crippen MR) is 220 cm³/mol. The van der Waals surface area contributed by atoms with Crippen LogP contribution in [0.1, 0.15) is 121 Å². The minimum atomic E-state index is -0.266. The van der Waals surface area contributed by atoms with E-state index in [-0.39, 0.29) is 136 Å². The first kappa shape index (κ1) is 57.8. The van der Waals surface area contributed by atoms with Gasteiger partial charge in [0.25, 0.3) is 5.69 Å². The molecule has 58 heavy (non-hydrogen) atoms. The molecule has 0 aliphatic heterocycles. The number of nitro groups is 1. The standard InChI is InChI=1S/C45H53N5O2.4BrH.2Cu/c1-12-48(42-18-14-16-20-46-42)44-36(28(3)4)22-33(23-37(44)29(5)6)40-26-35(50(51)52)27-41(32(40)11)34-24-38(30(7)8)45(39(25-34)31(9)10)49(13-2)43-19-15-17-21-47-43;;;;;;/h12-31H,1-11H3;4*1H;;/q+2;;;;;2*+2/p-4. The molecule has 0 saturated heterocycles. The Kier molecular flexibility index (Phi) is 25.3. The Labute approximate surface area is 408 Å². The minimum absolute atomic E-state index is 0. The largest absolute Gasteiger partial charge is 2.00 e. The average molecular weight is 1140 g/mol. The zero-order valence-corrected chi connectivity index (χ0v) is 42.9. The van der Waals surface area contributed by atoms with Crippen molar-refractivity contribution in [3.63, 3.8) is 0 Å². The Bertz CT molecular complexity index is 1980. The number of hydrogen-bond donors (Lipinski definition) is 0. The van der Waals surface area contributed by atoms with Gasteiger partial charge >= 0.3 is 45.8 Å². The van der Waals surface area contributed by atoms with Crippen LogP contribution in [0.4, 0.5) is 28.7 Å². The topological polar surface area (TPSA) is 74.9 Å². The number of nitro benzene ring substituents is 1. The summed E-state index contributed by atoms with van der Waals surface area (Å²) in [5, 5.41) is 12.6. The second kappa shape index (κ2) is 25.4. The van der Waals surface area contributed by atoms with Gasteiger partial charge in [-0.3, -0.25) is 10.1 Å². The molecule has 0 bridgehead atoms. The fourth-order valence-electron chi connectivity index (χ4n) is 7.14. The maximum atomic E-state index is 12.6. The van der Waals surface area contributed by atoms with Gasteiger partial charge < -0.3 is 67.9 Å². The van der Waals surface area contributed by atoms with Crippen LogP contribution in [-0.2, 0) is 34.1 Å². The molecule has 2 heterocycles. The third-order valence-electron chi connectivity index (χ3n) is 9.84. The predicted octanol–water partition coefficient (Wildman–Crippen LogP) is 0.383. The van der Waals surface area contributed by atoms with Crippen molar-refractivity contribution in [2.75, 3.05) is 0 Å². The summed E-state index contributed by atoms with van der Waals surface area (Å²) in [7, 11) is 0. The summed E-state index contributed by atoms with van der Waals surface area (Å²) in [6.07, 6.45) is 7.77. The summed E-state index contributed by atoms with van der Waals surface area (Å²) in [6.45, 7) is 23.8. The molecule has 0 N–H and O–H groups in total. The third-order valence-corrected chi connectivity index (χ3v) is 9.84. The molecule has 13 heteroatoms. The first-order chi connectivity index (χ1) is 24.8. The number of hydrogen-bond acceptors (Lipinski definition) is 4. The quantitative estimate of drug-likeness (QED) is 0.0632. The molecule has 0 amide bonds. The van der Waals surface area contributed by atoms with Crippen LogP contribution in [-0.4, -0.2) is 27.3 Å². The van der Waals surface area contributed by atoms with Crippen molar-refractivity contribution in [1.29, 1.82) is 0 Å². The molecule has 5 rings (SSSR count). The fourth-order valence-corrected chi connectivity index (χ4v) is 7.14. The van der Waals surface area contributed by atoms with Gasteiger partial charge in [0.15, 0.2) is 0 Å². The number of benzene rings is 3. The van der Waals surface area contributed by atoms with Crippen molar-refractivity contribution < 1.29 is 107 Å². The van der Waals surface area contributed by atoms with Gasteiger partial charge in [0.05, 0.1) is 17.4 Å². The van der Waals surface area contributed by atoms with Gasteiger partial charge in [-0.25, -0.2) is 9.15 Å². The molecule has 0 fully saturated rings. The van der Waals surface area contributed by atoms with Crippen LogP contribution in [0.15, 0.2) is 85.2 Å². The number of halogens is 4. The van der Waals surface area contributed by atoms with E-state index in [0.29, 0.717) is 0 Å². The first-order valence-electron chi connectivity index (χ1n) is 18.4. The molecule has 0 spiro atoms. The number of non-ortho nitro benzene ring substituents is 1. The van der Waals surface area contributed by atoms with Crippen LogP contribution in [0.25, 0.3) is 22.3 Å². The van der Waals surface area contributed by atoms with Gasteiger partial charge in [-0.15, -0.1) is 0 Å². The van der Waals surface area contributed by atoms with Gasteiger partial charge in [-0.05, 0) is 119 Å². The average Bonchev–Trinajstić information content (AvgIpc) is 3.12. The van der Waals surface area contributed by atoms with E-state index in [9.17, 15) is 10.1 Å². The van der Waals surface area contributed by atoms with E-state index < -0.39 is 0 Å². The van der Waals surface area contributed by atoms with Crippen LogP contribution in [0.2, 0.25) is 0 Å². The zero-order chi connectivity index (χ0) is 37.9. The van der Waals surface area contributed by atoms with E-state index >= 15 is 0 Å². The molecule has 0 saturated carbocycles. The summed E-state index contributed by atoms with van der Waals surface area (Å²) in [4.78, 5) is 21.7. The van der Waals surface area contributed by atoms with Crippen molar-refractivity contribution in [2.24, 2.45) is 0 Å². The fraction of sp³-hybridized carbons (Fsp3) is 0.333. The molecule has 0 unspecified atom stereocenters.